The Kier molecular flexibility index (Phi) is 5.64. The predicted octanol–water partition coefficient (Wildman–Crippen LogP) is 2.26. The average Bonchev–Trinajstić information content (AvgIpc) is 2.72. The van der Waals surface area contributed by atoms with E-state index in [1.807, 2.05) is 0 Å². The van der Waals surface area contributed by atoms with Crippen LogP contribution in [-0.4, -0.2) is 46.9 Å². The lowest BCUT2D eigenvalue weighted by Gasteiger charge is -2.34. The Morgan fingerprint density at radius 3 is 2.57 bits per heavy atom. The van der Waals surface area contributed by atoms with Gasteiger partial charge >= 0.3 is 0 Å². The van der Waals surface area contributed by atoms with Gasteiger partial charge in [0, 0.05) is 11.8 Å². The Balaban J connectivity index is 1.85. The van der Waals surface area contributed by atoms with Crippen LogP contribution in [0.15, 0.2) is 42.5 Å². The zero-order valence-corrected chi connectivity index (χ0v) is 16.7. The lowest BCUT2D eigenvalue weighted by Crippen LogP contribution is -2.49. The molecular formula is C19H22N2O6S. The third-order valence-corrected chi connectivity index (χ3v) is 6.13. The Hall–Kier alpha value is -2.94. The van der Waals surface area contributed by atoms with Gasteiger partial charge in [-0.05, 0) is 31.2 Å². The van der Waals surface area contributed by atoms with Crippen molar-refractivity contribution in [3.8, 4) is 17.2 Å². The van der Waals surface area contributed by atoms with E-state index in [-0.39, 0.29) is 12.3 Å². The van der Waals surface area contributed by atoms with Gasteiger partial charge in [0.2, 0.25) is 10.0 Å². The van der Waals surface area contributed by atoms with Gasteiger partial charge in [0.25, 0.3) is 5.91 Å². The lowest BCUT2D eigenvalue weighted by atomic mass is 10.2. The lowest BCUT2D eigenvalue weighted by molar-refractivity contribution is -0.122. The van der Waals surface area contributed by atoms with Crippen LogP contribution in [-0.2, 0) is 14.8 Å². The summed E-state index contributed by atoms with van der Waals surface area (Å²) < 4.78 is 42.4. The first-order valence-corrected chi connectivity index (χ1v) is 10.3. The van der Waals surface area contributed by atoms with E-state index in [9.17, 15) is 13.2 Å². The van der Waals surface area contributed by atoms with E-state index >= 15 is 0 Å². The molecule has 0 aliphatic carbocycles. The number of benzene rings is 2. The molecule has 1 atom stereocenters. The highest BCUT2D eigenvalue weighted by molar-refractivity contribution is 7.92. The van der Waals surface area contributed by atoms with Crippen molar-refractivity contribution in [3.05, 3.63) is 42.5 Å². The Labute approximate surface area is 164 Å². The third-order valence-electron chi connectivity index (χ3n) is 4.38. The Bertz CT molecular complexity index is 976. The standard InChI is InChI=1S/C19H22N2O6S/c1-4-28(23,24)21-12-18(27-15-8-6-5-7-14(15)21)19(22)20-13-9-10-16(25-2)17(11-13)26-3/h5-11,18H,4,12H2,1-3H3,(H,20,22)/t18-/m0/s1. The molecule has 0 saturated carbocycles. The molecule has 0 radical (unpaired) electrons. The number of methoxy groups -OCH3 is 2. The van der Waals surface area contributed by atoms with Crippen molar-refractivity contribution < 1.29 is 27.4 Å². The SMILES string of the molecule is CCS(=O)(=O)N1C[C@@H](C(=O)Nc2ccc(OC)c(OC)c2)Oc2ccccc21. The van der Waals surface area contributed by atoms with E-state index in [1.54, 1.807) is 49.4 Å². The molecule has 0 bridgehead atoms. The summed E-state index contributed by atoms with van der Waals surface area (Å²) in [6, 6.07) is 11.7. The summed E-state index contributed by atoms with van der Waals surface area (Å²) in [6.45, 7) is 1.46. The molecule has 0 spiro atoms. The highest BCUT2D eigenvalue weighted by atomic mass is 32.2. The quantitative estimate of drug-likeness (QED) is 0.791. The van der Waals surface area contributed by atoms with E-state index in [2.05, 4.69) is 5.32 Å². The number of carbonyl (C=O) groups is 1. The second kappa shape index (κ2) is 7.97. The van der Waals surface area contributed by atoms with Gasteiger partial charge in [-0.15, -0.1) is 0 Å². The first-order chi connectivity index (χ1) is 13.4. The molecule has 28 heavy (non-hydrogen) atoms. The molecule has 8 nitrogen and oxygen atoms in total. The smallest absolute Gasteiger partial charge is 0.267 e. The number of nitrogens with one attached hydrogen (secondary N) is 1. The first-order valence-electron chi connectivity index (χ1n) is 8.68. The highest BCUT2D eigenvalue weighted by Crippen LogP contribution is 2.35. The van der Waals surface area contributed by atoms with E-state index in [1.165, 1.54) is 18.5 Å². The monoisotopic (exact) mass is 406 g/mol. The second-order valence-electron chi connectivity index (χ2n) is 6.06. The molecule has 1 amide bonds. The van der Waals surface area contributed by atoms with Crippen LogP contribution in [0, 0.1) is 0 Å². The maximum atomic E-state index is 12.8. The van der Waals surface area contributed by atoms with Crippen molar-refractivity contribution in [2.45, 2.75) is 13.0 Å². The van der Waals surface area contributed by atoms with Crippen LogP contribution in [0.1, 0.15) is 6.92 Å². The van der Waals surface area contributed by atoms with Crippen molar-refractivity contribution >= 4 is 27.3 Å². The molecule has 0 unspecified atom stereocenters. The molecule has 1 aliphatic rings. The van der Waals surface area contributed by atoms with Gasteiger partial charge in [-0.2, -0.15) is 0 Å². The van der Waals surface area contributed by atoms with Crippen LogP contribution >= 0.6 is 0 Å². The van der Waals surface area contributed by atoms with Crippen LogP contribution in [0.2, 0.25) is 0 Å². The molecule has 1 heterocycles. The van der Waals surface area contributed by atoms with Crippen molar-refractivity contribution in [1.29, 1.82) is 0 Å². The fourth-order valence-corrected chi connectivity index (χ4v) is 4.02. The maximum absolute atomic E-state index is 12.8. The second-order valence-corrected chi connectivity index (χ2v) is 8.25. The molecule has 1 aliphatic heterocycles. The number of ether oxygens (including phenoxy) is 3. The summed E-state index contributed by atoms with van der Waals surface area (Å²) in [5.41, 5.74) is 0.912. The fraction of sp³-hybridized carbons (Fsp3) is 0.316. The molecule has 0 aromatic heterocycles. The zero-order chi connectivity index (χ0) is 20.3. The van der Waals surface area contributed by atoms with Crippen LogP contribution in [0.4, 0.5) is 11.4 Å². The Morgan fingerprint density at radius 1 is 1.18 bits per heavy atom. The van der Waals surface area contributed by atoms with E-state index in [0.29, 0.717) is 28.6 Å². The minimum atomic E-state index is -3.56. The number of carbonyl (C=O) groups excluding carboxylic acids is 1. The van der Waals surface area contributed by atoms with Gasteiger partial charge in [-0.1, -0.05) is 12.1 Å². The molecule has 3 rings (SSSR count). The zero-order valence-electron chi connectivity index (χ0n) is 15.8. The molecule has 150 valence electrons. The van der Waals surface area contributed by atoms with Gasteiger partial charge in [-0.25, -0.2) is 8.42 Å². The summed E-state index contributed by atoms with van der Waals surface area (Å²) in [6.07, 6.45) is -0.996. The first kappa shape index (κ1) is 19.8. The van der Waals surface area contributed by atoms with Crippen molar-refractivity contribution in [2.24, 2.45) is 0 Å². The Morgan fingerprint density at radius 2 is 1.89 bits per heavy atom. The largest absolute Gasteiger partial charge is 0.493 e. The van der Waals surface area contributed by atoms with Gasteiger partial charge in [0.1, 0.15) is 5.75 Å². The number of hydrogen-bond donors (Lipinski definition) is 1. The summed E-state index contributed by atoms with van der Waals surface area (Å²) in [7, 11) is -0.539. The fourth-order valence-electron chi connectivity index (χ4n) is 2.89. The molecular weight excluding hydrogens is 384 g/mol. The van der Waals surface area contributed by atoms with Crippen molar-refractivity contribution in [2.75, 3.05) is 36.1 Å². The van der Waals surface area contributed by atoms with Gasteiger partial charge < -0.3 is 19.5 Å². The molecule has 0 fully saturated rings. The van der Waals surface area contributed by atoms with E-state index < -0.39 is 22.0 Å². The topological polar surface area (TPSA) is 94.2 Å². The van der Waals surface area contributed by atoms with Crippen LogP contribution in [0.3, 0.4) is 0 Å². The molecule has 9 heteroatoms. The number of anilines is 2. The normalized spacial score (nSPS) is 16.0. The highest BCUT2D eigenvalue weighted by Gasteiger charge is 2.36. The average molecular weight is 406 g/mol. The number of fused-ring (bicyclic) bond motifs is 1. The predicted molar refractivity (Wildman–Crippen MR) is 106 cm³/mol. The summed E-state index contributed by atoms with van der Waals surface area (Å²) in [5, 5.41) is 2.74. The van der Waals surface area contributed by atoms with Gasteiger partial charge in [-0.3, -0.25) is 9.10 Å². The van der Waals surface area contributed by atoms with Crippen LogP contribution in [0.25, 0.3) is 0 Å². The molecule has 1 N–H and O–H groups in total. The van der Waals surface area contributed by atoms with Crippen LogP contribution < -0.4 is 23.8 Å². The molecule has 2 aromatic carbocycles. The minimum absolute atomic E-state index is 0.0780. The number of sulfonamides is 1. The van der Waals surface area contributed by atoms with E-state index in [4.69, 9.17) is 14.2 Å². The number of hydrogen-bond acceptors (Lipinski definition) is 6. The molecule has 2 aromatic rings. The maximum Gasteiger partial charge on any atom is 0.267 e. The van der Waals surface area contributed by atoms with E-state index in [0.717, 1.165) is 0 Å². The number of para-hydroxylation sites is 2. The van der Waals surface area contributed by atoms with Crippen molar-refractivity contribution in [3.63, 3.8) is 0 Å². The number of nitrogens with zero attached hydrogens (tertiary/aromatic N) is 1. The summed E-state index contributed by atoms with van der Waals surface area (Å²) in [4.78, 5) is 12.8. The van der Waals surface area contributed by atoms with Crippen LogP contribution in [0.5, 0.6) is 17.2 Å². The third kappa shape index (κ3) is 3.84. The number of amides is 1. The molecule has 0 saturated heterocycles. The minimum Gasteiger partial charge on any atom is -0.493 e. The number of rotatable bonds is 6. The van der Waals surface area contributed by atoms with Crippen molar-refractivity contribution in [1.82, 2.24) is 0 Å². The van der Waals surface area contributed by atoms with Gasteiger partial charge in [0.15, 0.2) is 17.6 Å². The summed E-state index contributed by atoms with van der Waals surface area (Å²) in [5.74, 6) is 0.802. The summed E-state index contributed by atoms with van der Waals surface area (Å²) >= 11 is 0. The van der Waals surface area contributed by atoms with Gasteiger partial charge in [0.05, 0.1) is 32.2 Å².